The number of fused-ring (bicyclic) bond motifs is 1. The molecule has 20 heavy (non-hydrogen) atoms. The van der Waals surface area contributed by atoms with Gasteiger partial charge in [0, 0.05) is 12.3 Å². The predicted molar refractivity (Wildman–Crippen MR) is 74.0 cm³/mol. The van der Waals surface area contributed by atoms with Crippen LogP contribution in [0.2, 0.25) is 0 Å². The number of imidazole rings is 1. The fourth-order valence-corrected chi connectivity index (χ4v) is 2.64. The molecule has 0 aliphatic rings. The van der Waals surface area contributed by atoms with Crippen LogP contribution in [0.15, 0.2) is 45.4 Å². The average Bonchev–Trinajstić information content (AvgIpc) is 2.74. The number of nitrogens with one attached hydrogen (secondary N) is 1. The van der Waals surface area contributed by atoms with E-state index in [2.05, 4.69) is 15.0 Å². The molecule has 7 nitrogen and oxygen atoms in total. The van der Waals surface area contributed by atoms with Crippen molar-refractivity contribution in [1.82, 2.24) is 19.4 Å². The van der Waals surface area contributed by atoms with Gasteiger partial charge in [-0.15, -0.1) is 0 Å². The van der Waals surface area contributed by atoms with Gasteiger partial charge in [0.1, 0.15) is 22.2 Å². The third kappa shape index (κ3) is 2.16. The molecule has 100 valence electrons. The highest BCUT2D eigenvalue weighted by Gasteiger charge is 2.13. The van der Waals surface area contributed by atoms with Crippen LogP contribution in [0.25, 0.3) is 5.65 Å². The maximum Gasteiger partial charge on any atom is 0.253 e. The molecule has 0 radical (unpaired) electrons. The van der Waals surface area contributed by atoms with Crippen LogP contribution in [-0.4, -0.2) is 25.6 Å². The molecular formula is C12H9N5O2S. The van der Waals surface area contributed by atoms with E-state index >= 15 is 0 Å². The van der Waals surface area contributed by atoms with Crippen LogP contribution in [0.5, 0.6) is 0 Å². The Morgan fingerprint density at radius 1 is 1.35 bits per heavy atom. The lowest BCUT2D eigenvalue weighted by atomic mass is 10.4. The van der Waals surface area contributed by atoms with Gasteiger partial charge in [0.25, 0.3) is 5.56 Å². The van der Waals surface area contributed by atoms with Crippen molar-refractivity contribution in [3.8, 4) is 0 Å². The average molecular weight is 287 g/mol. The van der Waals surface area contributed by atoms with E-state index in [4.69, 9.17) is 5.73 Å². The number of nitrogen functional groups attached to an aromatic ring is 1. The van der Waals surface area contributed by atoms with Crippen LogP contribution >= 0.6 is 11.8 Å². The number of hydrogen-bond donors (Lipinski definition) is 2. The lowest BCUT2D eigenvalue weighted by molar-refractivity contribution is 0.111. The Hall–Kier alpha value is -2.61. The number of carbonyl (C=O) groups is 1. The van der Waals surface area contributed by atoms with Crippen molar-refractivity contribution in [2.45, 2.75) is 10.2 Å². The summed E-state index contributed by atoms with van der Waals surface area (Å²) >= 11 is 1.08. The van der Waals surface area contributed by atoms with Gasteiger partial charge in [-0.25, -0.2) is 9.97 Å². The Balaban J connectivity index is 2.10. The number of nitrogens with two attached hydrogens (primary N) is 1. The highest BCUT2D eigenvalue weighted by molar-refractivity contribution is 7.99. The highest BCUT2D eigenvalue weighted by atomic mass is 32.2. The number of nitrogens with zero attached hydrogens (tertiary/aromatic N) is 3. The van der Waals surface area contributed by atoms with E-state index in [0.29, 0.717) is 27.8 Å². The lowest BCUT2D eigenvalue weighted by Gasteiger charge is -1.99. The van der Waals surface area contributed by atoms with E-state index in [-0.39, 0.29) is 11.4 Å². The van der Waals surface area contributed by atoms with Gasteiger partial charge in [-0.1, -0.05) is 6.07 Å². The minimum atomic E-state index is -0.351. The smallest absolute Gasteiger partial charge is 0.253 e. The summed E-state index contributed by atoms with van der Waals surface area (Å²) in [5, 5.41) is 0.751. The quantitative estimate of drug-likeness (QED) is 0.549. The molecule has 3 N–H and O–H groups in total. The maximum atomic E-state index is 11.3. The molecule has 3 aromatic rings. The van der Waals surface area contributed by atoms with Crippen molar-refractivity contribution in [2.24, 2.45) is 0 Å². The molecule has 0 aliphatic carbocycles. The number of hydrogen-bond acceptors (Lipinski definition) is 6. The Morgan fingerprint density at radius 3 is 2.95 bits per heavy atom. The second-order valence-electron chi connectivity index (χ2n) is 3.93. The van der Waals surface area contributed by atoms with Gasteiger partial charge in [0.15, 0.2) is 11.4 Å². The second-order valence-corrected chi connectivity index (χ2v) is 4.90. The summed E-state index contributed by atoms with van der Waals surface area (Å²) in [6, 6.07) is 6.60. The predicted octanol–water partition coefficient (Wildman–Crippen LogP) is 0.964. The molecular weight excluding hydrogens is 278 g/mol. The zero-order chi connectivity index (χ0) is 14.1. The van der Waals surface area contributed by atoms with Crippen LogP contribution < -0.4 is 11.3 Å². The monoisotopic (exact) mass is 287 g/mol. The highest BCUT2D eigenvalue weighted by Crippen LogP contribution is 2.26. The molecule has 0 atom stereocenters. The Labute approximate surface area is 116 Å². The summed E-state index contributed by atoms with van der Waals surface area (Å²) in [6.07, 6.45) is 2.46. The first-order valence-corrected chi connectivity index (χ1v) is 6.46. The zero-order valence-electron chi connectivity index (χ0n) is 10.1. The normalized spacial score (nSPS) is 10.8. The third-order valence-corrected chi connectivity index (χ3v) is 3.46. The van der Waals surface area contributed by atoms with Crippen molar-refractivity contribution < 1.29 is 4.79 Å². The van der Waals surface area contributed by atoms with E-state index in [1.807, 2.05) is 6.07 Å². The molecule has 3 rings (SSSR count). The van der Waals surface area contributed by atoms with E-state index < -0.39 is 0 Å². The first-order valence-electron chi connectivity index (χ1n) is 5.64. The molecule has 0 aliphatic heterocycles. The minimum absolute atomic E-state index is 0.118. The molecule has 0 saturated carbocycles. The van der Waals surface area contributed by atoms with Gasteiger partial charge in [-0.3, -0.25) is 14.0 Å². The number of aromatic amines is 1. The van der Waals surface area contributed by atoms with E-state index in [1.54, 1.807) is 22.7 Å². The molecule has 0 fully saturated rings. The fourth-order valence-electron chi connectivity index (χ4n) is 1.77. The van der Waals surface area contributed by atoms with Gasteiger partial charge >= 0.3 is 0 Å². The number of aldehydes is 1. The molecule has 0 bridgehead atoms. The molecule has 3 aromatic heterocycles. The third-order valence-electron chi connectivity index (χ3n) is 2.58. The molecule has 8 heteroatoms. The van der Waals surface area contributed by atoms with E-state index in [1.165, 1.54) is 6.07 Å². The number of rotatable bonds is 3. The molecule has 0 spiro atoms. The van der Waals surface area contributed by atoms with E-state index in [9.17, 15) is 9.59 Å². The van der Waals surface area contributed by atoms with Crippen molar-refractivity contribution >= 4 is 29.5 Å². The van der Waals surface area contributed by atoms with Crippen molar-refractivity contribution in [2.75, 3.05) is 5.73 Å². The Morgan fingerprint density at radius 2 is 2.20 bits per heavy atom. The number of anilines is 1. The Kier molecular flexibility index (Phi) is 2.99. The second kappa shape index (κ2) is 4.82. The summed E-state index contributed by atoms with van der Waals surface area (Å²) in [7, 11) is 0. The largest absolute Gasteiger partial charge is 0.383 e. The first-order chi connectivity index (χ1) is 9.67. The number of carbonyl (C=O) groups excluding carboxylic acids is 1. The number of pyridine rings is 1. The standard InChI is InChI=1S/C12H9N5O2S/c13-8-5-10(19)16-12(14-8)20-11-7(6-18)17-4-2-1-3-9(17)15-11/h1-6H,(H3,13,14,16,19). The summed E-state index contributed by atoms with van der Waals surface area (Å²) in [5.74, 6) is 0.118. The number of aromatic nitrogens is 4. The van der Waals surface area contributed by atoms with Gasteiger partial charge in [-0.2, -0.15) is 0 Å². The number of H-pyrrole nitrogens is 1. The van der Waals surface area contributed by atoms with E-state index in [0.717, 1.165) is 11.8 Å². The molecule has 0 unspecified atom stereocenters. The van der Waals surface area contributed by atoms with Crippen LogP contribution in [0, 0.1) is 0 Å². The molecule has 0 amide bonds. The molecule has 3 heterocycles. The van der Waals surface area contributed by atoms with Gasteiger partial charge in [-0.05, 0) is 23.9 Å². The molecule has 0 saturated heterocycles. The van der Waals surface area contributed by atoms with Gasteiger partial charge in [0.05, 0.1) is 0 Å². The summed E-state index contributed by atoms with van der Waals surface area (Å²) in [5.41, 5.74) is 6.21. The van der Waals surface area contributed by atoms with Crippen LogP contribution in [0.3, 0.4) is 0 Å². The fraction of sp³-hybridized carbons (Fsp3) is 0. The van der Waals surface area contributed by atoms with Crippen LogP contribution in [-0.2, 0) is 0 Å². The van der Waals surface area contributed by atoms with Crippen molar-refractivity contribution in [3.05, 3.63) is 46.5 Å². The van der Waals surface area contributed by atoms with Gasteiger partial charge in [0.2, 0.25) is 0 Å². The van der Waals surface area contributed by atoms with Crippen LogP contribution in [0.1, 0.15) is 10.5 Å². The zero-order valence-corrected chi connectivity index (χ0v) is 10.9. The maximum absolute atomic E-state index is 11.3. The summed E-state index contributed by atoms with van der Waals surface area (Å²) in [6.45, 7) is 0. The first kappa shape index (κ1) is 12.4. The van der Waals surface area contributed by atoms with Crippen molar-refractivity contribution in [3.63, 3.8) is 0 Å². The SMILES string of the molecule is Nc1cc(=O)[nH]c(Sc2nc3ccccn3c2C=O)n1. The molecule has 0 aromatic carbocycles. The topological polar surface area (TPSA) is 106 Å². The van der Waals surface area contributed by atoms with Gasteiger partial charge < -0.3 is 10.7 Å². The summed E-state index contributed by atoms with van der Waals surface area (Å²) < 4.78 is 1.67. The Bertz CT molecular complexity index is 854. The van der Waals surface area contributed by atoms with Crippen LogP contribution in [0.4, 0.5) is 5.82 Å². The van der Waals surface area contributed by atoms with Crippen molar-refractivity contribution in [1.29, 1.82) is 0 Å². The summed E-state index contributed by atoms with van der Waals surface area (Å²) in [4.78, 5) is 33.4. The lowest BCUT2D eigenvalue weighted by Crippen LogP contribution is -2.09. The minimum Gasteiger partial charge on any atom is -0.383 e.